The topological polar surface area (TPSA) is 93.9 Å². The van der Waals surface area contributed by atoms with E-state index < -0.39 is 5.97 Å². The number of amides is 2. The van der Waals surface area contributed by atoms with Crippen molar-refractivity contribution in [3.8, 4) is 5.75 Å². The zero-order valence-electron chi connectivity index (χ0n) is 14.7. The second-order valence-electron chi connectivity index (χ2n) is 5.84. The number of esters is 1. The summed E-state index contributed by atoms with van der Waals surface area (Å²) in [7, 11) is 1.27. The maximum Gasteiger partial charge on any atom is 0.360 e. The van der Waals surface area contributed by atoms with Gasteiger partial charge in [0.2, 0.25) is 5.89 Å². The van der Waals surface area contributed by atoms with E-state index in [0.717, 1.165) is 12.8 Å². The summed E-state index contributed by atoms with van der Waals surface area (Å²) in [6.45, 7) is 2.56. The summed E-state index contributed by atoms with van der Waals surface area (Å²) >= 11 is 0. The summed E-state index contributed by atoms with van der Waals surface area (Å²) in [5.74, 6) is 0.321. The number of methoxy groups -OCH3 is 1. The van der Waals surface area contributed by atoms with Crippen molar-refractivity contribution in [1.29, 1.82) is 0 Å². The van der Waals surface area contributed by atoms with Crippen molar-refractivity contribution in [1.82, 2.24) is 9.88 Å². The Balaban J connectivity index is 1.71. The number of benzene rings is 1. The van der Waals surface area contributed by atoms with E-state index in [0.29, 0.717) is 18.0 Å². The molecule has 0 aliphatic heterocycles. The quantitative estimate of drug-likeness (QED) is 0.764. The van der Waals surface area contributed by atoms with Crippen LogP contribution in [-0.2, 0) is 11.3 Å². The first-order valence-corrected chi connectivity index (χ1v) is 8.44. The fourth-order valence-corrected chi connectivity index (χ4v) is 2.52. The summed E-state index contributed by atoms with van der Waals surface area (Å²) in [6, 6.07) is 7.13. The molecule has 0 bridgehead atoms. The molecule has 8 heteroatoms. The predicted molar refractivity (Wildman–Crippen MR) is 93.0 cm³/mol. The summed E-state index contributed by atoms with van der Waals surface area (Å²) in [4.78, 5) is 30.0. The smallest absolute Gasteiger partial charge is 0.360 e. The second kappa shape index (κ2) is 7.90. The number of hydrogen-bond donors (Lipinski definition) is 1. The Labute approximate surface area is 151 Å². The number of nitrogens with one attached hydrogen (secondary N) is 1. The van der Waals surface area contributed by atoms with Crippen molar-refractivity contribution >= 4 is 17.7 Å². The fraction of sp³-hybridized carbons (Fsp3) is 0.389. The lowest BCUT2D eigenvalue weighted by molar-refractivity contribution is 0.0594. The Morgan fingerprint density at radius 3 is 2.81 bits per heavy atom. The van der Waals surface area contributed by atoms with Crippen molar-refractivity contribution in [2.24, 2.45) is 0 Å². The fourth-order valence-electron chi connectivity index (χ4n) is 2.52. The molecule has 3 rings (SSSR count). The Morgan fingerprint density at radius 1 is 1.35 bits per heavy atom. The highest BCUT2D eigenvalue weighted by Crippen LogP contribution is 2.30. The van der Waals surface area contributed by atoms with E-state index in [1.165, 1.54) is 13.4 Å². The van der Waals surface area contributed by atoms with Crippen molar-refractivity contribution in [2.75, 3.05) is 19.0 Å². The molecule has 1 heterocycles. The summed E-state index contributed by atoms with van der Waals surface area (Å²) in [5, 5.41) is 2.88. The normalized spacial score (nSPS) is 13.2. The van der Waals surface area contributed by atoms with Gasteiger partial charge in [-0.05, 0) is 31.9 Å². The van der Waals surface area contributed by atoms with Gasteiger partial charge in [0, 0.05) is 6.04 Å². The molecule has 0 radical (unpaired) electrons. The van der Waals surface area contributed by atoms with Crippen molar-refractivity contribution in [3.63, 3.8) is 0 Å². The van der Waals surface area contributed by atoms with Crippen LogP contribution in [0.3, 0.4) is 0 Å². The predicted octanol–water partition coefficient (Wildman–Crippen LogP) is 3.06. The molecule has 138 valence electrons. The first-order valence-electron chi connectivity index (χ1n) is 8.44. The number of urea groups is 1. The molecule has 2 amide bonds. The minimum absolute atomic E-state index is 0.0837. The molecular weight excluding hydrogens is 338 g/mol. The average molecular weight is 359 g/mol. The molecule has 1 aromatic heterocycles. The molecule has 0 saturated heterocycles. The highest BCUT2D eigenvalue weighted by molar-refractivity contribution is 5.91. The van der Waals surface area contributed by atoms with E-state index in [1.54, 1.807) is 17.0 Å². The van der Waals surface area contributed by atoms with Gasteiger partial charge in [-0.3, -0.25) is 0 Å². The molecule has 0 atom stereocenters. The molecule has 0 unspecified atom stereocenters. The molecule has 2 aromatic rings. The Bertz CT molecular complexity index is 785. The van der Waals surface area contributed by atoms with Gasteiger partial charge in [-0.1, -0.05) is 12.1 Å². The zero-order chi connectivity index (χ0) is 18.5. The molecule has 26 heavy (non-hydrogen) atoms. The van der Waals surface area contributed by atoms with Crippen LogP contribution < -0.4 is 10.1 Å². The average Bonchev–Trinajstić information content (AvgIpc) is 3.38. The number of rotatable bonds is 7. The largest absolute Gasteiger partial charge is 0.492 e. The maximum atomic E-state index is 12.7. The number of oxazole rings is 1. The van der Waals surface area contributed by atoms with E-state index in [2.05, 4.69) is 15.0 Å². The van der Waals surface area contributed by atoms with E-state index in [9.17, 15) is 9.59 Å². The van der Waals surface area contributed by atoms with Gasteiger partial charge in [-0.25, -0.2) is 14.6 Å². The van der Waals surface area contributed by atoms with E-state index >= 15 is 0 Å². The standard InChI is InChI=1S/C18H21N3O5/c1-3-25-15-7-5-4-6-13(15)20-18(23)21(12-8-9-12)10-16-19-14(11-26-16)17(22)24-2/h4-7,11-12H,3,8-10H2,1-2H3,(H,20,23). The van der Waals surface area contributed by atoms with E-state index in [1.807, 2.05) is 19.1 Å². The number of carbonyl (C=O) groups is 2. The van der Waals surface area contributed by atoms with Crippen LogP contribution in [0.1, 0.15) is 36.1 Å². The monoisotopic (exact) mass is 359 g/mol. The molecular formula is C18H21N3O5. The minimum Gasteiger partial charge on any atom is -0.492 e. The van der Waals surface area contributed by atoms with Gasteiger partial charge in [0.15, 0.2) is 5.69 Å². The van der Waals surface area contributed by atoms with Gasteiger partial charge >= 0.3 is 12.0 Å². The third-order valence-corrected chi connectivity index (χ3v) is 3.93. The Kier molecular flexibility index (Phi) is 5.40. The number of carbonyl (C=O) groups excluding carboxylic acids is 2. The number of aromatic nitrogens is 1. The number of hydrogen-bond acceptors (Lipinski definition) is 6. The van der Waals surface area contributed by atoms with Crippen molar-refractivity contribution in [2.45, 2.75) is 32.4 Å². The van der Waals surface area contributed by atoms with Crippen LogP contribution in [0.2, 0.25) is 0 Å². The summed E-state index contributed by atoms with van der Waals surface area (Å²) in [5.41, 5.74) is 0.688. The molecule has 1 N–H and O–H groups in total. The third kappa shape index (κ3) is 4.14. The van der Waals surface area contributed by atoms with Crippen LogP contribution in [0.5, 0.6) is 5.75 Å². The summed E-state index contributed by atoms with van der Waals surface area (Å²) in [6.07, 6.45) is 3.07. The van der Waals surface area contributed by atoms with Gasteiger partial charge in [-0.2, -0.15) is 0 Å². The van der Waals surface area contributed by atoms with Gasteiger partial charge in [0.25, 0.3) is 0 Å². The SMILES string of the molecule is CCOc1ccccc1NC(=O)N(Cc1nc(C(=O)OC)co1)C1CC1. The Morgan fingerprint density at radius 2 is 2.12 bits per heavy atom. The number of anilines is 1. The molecule has 0 spiro atoms. The van der Waals surface area contributed by atoms with Crippen LogP contribution in [-0.4, -0.2) is 41.6 Å². The van der Waals surface area contributed by atoms with Gasteiger partial charge in [0.05, 0.1) is 25.9 Å². The Hall–Kier alpha value is -3.03. The molecule has 1 aliphatic carbocycles. The third-order valence-electron chi connectivity index (χ3n) is 3.93. The highest BCUT2D eigenvalue weighted by atomic mass is 16.5. The maximum absolute atomic E-state index is 12.7. The van der Waals surface area contributed by atoms with Crippen LogP contribution in [0, 0.1) is 0 Å². The first kappa shape index (κ1) is 17.8. The van der Waals surface area contributed by atoms with Crippen molar-refractivity contribution in [3.05, 3.63) is 42.1 Å². The molecule has 1 fully saturated rings. The molecule has 1 saturated carbocycles. The number of ether oxygens (including phenoxy) is 2. The molecule has 1 aromatic carbocycles. The van der Waals surface area contributed by atoms with E-state index in [4.69, 9.17) is 9.15 Å². The first-order chi connectivity index (χ1) is 12.6. The van der Waals surface area contributed by atoms with Crippen LogP contribution in [0.15, 0.2) is 34.9 Å². The lowest BCUT2D eigenvalue weighted by atomic mass is 10.3. The molecule has 1 aliphatic rings. The van der Waals surface area contributed by atoms with E-state index in [-0.39, 0.29) is 30.2 Å². The van der Waals surface area contributed by atoms with Gasteiger partial charge in [-0.15, -0.1) is 0 Å². The second-order valence-corrected chi connectivity index (χ2v) is 5.84. The van der Waals surface area contributed by atoms with Crippen LogP contribution >= 0.6 is 0 Å². The lowest BCUT2D eigenvalue weighted by Gasteiger charge is -2.22. The molecule has 8 nitrogen and oxygen atoms in total. The van der Waals surface area contributed by atoms with Gasteiger partial charge in [0.1, 0.15) is 12.0 Å². The van der Waals surface area contributed by atoms with Crippen LogP contribution in [0.25, 0.3) is 0 Å². The summed E-state index contributed by atoms with van der Waals surface area (Å²) < 4.78 is 15.4. The minimum atomic E-state index is -0.576. The number of nitrogens with zero attached hydrogens (tertiary/aromatic N) is 2. The zero-order valence-corrected chi connectivity index (χ0v) is 14.7. The lowest BCUT2D eigenvalue weighted by Crippen LogP contribution is -2.36. The number of para-hydroxylation sites is 2. The highest BCUT2D eigenvalue weighted by Gasteiger charge is 2.34. The van der Waals surface area contributed by atoms with Gasteiger partial charge < -0.3 is 24.1 Å². The van der Waals surface area contributed by atoms with Crippen molar-refractivity contribution < 1.29 is 23.5 Å². The van der Waals surface area contributed by atoms with Crippen LogP contribution in [0.4, 0.5) is 10.5 Å².